The van der Waals surface area contributed by atoms with Crippen molar-refractivity contribution in [1.82, 2.24) is 9.97 Å². The molecule has 0 atom stereocenters. The van der Waals surface area contributed by atoms with Gasteiger partial charge in [0, 0.05) is 16.6 Å². The molecule has 0 unspecified atom stereocenters. The van der Waals surface area contributed by atoms with Crippen molar-refractivity contribution in [3.63, 3.8) is 0 Å². The monoisotopic (exact) mass is 257 g/mol. The lowest BCUT2D eigenvalue weighted by Gasteiger charge is -1.99. The van der Waals surface area contributed by atoms with E-state index in [2.05, 4.69) is 23.0 Å². The zero-order chi connectivity index (χ0) is 12.5. The van der Waals surface area contributed by atoms with Crippen LogP contribution in [0.25, 0.3) is 21.2 Å². The Morgan fingerprint density at radius 1 is 1.28 bits per heavy atom. The molecule has 0 radical (unpaired) electrons. The summed E-state index contributed by atoms with van der Waals surface area (Å²) in [5.74, 6) is 1.18. The van der Waals surface area contributed by atoms with E-state index in [4.69, 9.17) is 10.2 Å². The molecule has 0 bridgehead atoms. The molecule has 0 spiro atoms. The van der Waals surface area contributed by atoms with Gasteiger partial charge in [-0.2, -0.15) is 0 Å². The van der Waals surface area contributed by atoms with Gasteiger partial charge in [0.15, 0.2) is 0 Å². The zero-order valence-electron chi connectivity index (χ0n) is 9.75. The minimum Gasteiger partial charge on any atom is -0.444 e. The van der Waals surface area contributed by atoms with E-state index in [-0.39, 0.29) is 0 Å². The van der Waals surface area contributed by atoms with Gasteiger partial charge in [0.2, 0.25) is 5.89 Å². The minimum atomic E-state index is 0.529. The van der Waals surface area contributed by atoms with Gasteiger partial charge in [0.1, 0.15) is 12.1 Å². The molecule has 0 amide bonds. The molecule has 0 saturated carbocycles. The second-order valence-electron chi connectivity index (χ2n) is 3.93. The van der Waals surface area contributed by atoms with Crippen molar-refractivity contribution in [3.05, 3.63) is 42.4 Å². The highest BCUT2D eigenvalue weighted by molar-refractivity contribution is 7.19. The predicted octanol–water partition coefficient (Wildman–Crippen LogP) is 3.36. The lowest BCUT2D eigenvalue weighted by atomic mass is 10.1. The molecule has 0 fully saturated rings. The molecular formula is C13H11N3OS. The second-order valence-corrected chi connectivity index (χ2v) is 4.98. The van der Waals surface area contributed by atoms with Gasteiger partial charge >= 0.3 is 0 Å². The van der Waals surface area contributed by atoms with Crippen molar-refractivity contribution in [1.29, 1.82) is 0 Å². The van der Waals surface area contributed by atoms with Crippen LogP contribution in [0.15, 0.2) is 41.3 Å². The maximum absolute atomic E-state index is 5.59. The smallest absolute Gasteiger partial charge is 0.236 e. The average molecular weight is 257 g/mol. The quantitative estimate of drug-likeness (QED) is 0.764. The molecule has 0 aromatic carbocycles. The van der Waals surface area contributed by atoms with Crippen molar-refractivity contribution < 1.29 is 4.42 Å². The maximum atomic E-state index is 5.59. The normalized spacial score (nSPS) is 10.7. The van der Waals surface area contributed by atoms with E-state index in [1.165, 1.54) is 5.56 Å². The molecule has 0 aliphatic carbocycles. The minimum absolute atomic E-state index is 0.529. The number of hydrogen-bond donors (Lipinski definition) is 1. The van der Waals surface area contributed by atoms with Crippen LogP contribution in [0, 0.1) is 6.92 Å². The first-order chi connectivity index (χ1) is 8.74. The van der Waals surface area contributed by atoms with Gasteiger partial charge in [-0.05, 0) is 30.7 Å². The van der Waals surface area contributed by atoms with Gasteiger partial charge in [0.05, 0.1) is 11.1 Å². The van der Waals surface area contributed by atoms with Crippen molar-refractivity contribution >= 4 is 17.2 Å². The Morgan fingerprint density at radius 2 is 2.17 bits per heavy atom. The molecule has 4 nitrogen and oxygen atoms in total. The number of hydrogen-bond acceptors (Lipinski definition) is 5. The zero-order valence-corrected chi connectivity index (χ0v) is 10.6. The Morgan fingerprint density at radius 3 is 2.83 bits per heavy atom. The predicted molar refractivity (Wildman–Crippen MR) is 72.2 cm³/mol. The Labute approximate surface area is 108 Å². The fraction of sp³-hybridized carbons (Fsp3) is 0.0769. The fourth-order valence-corrected chi connectivity index (χ4v) is 2.86. The first kappa shape index (κ1) is 11.0. The third-order valence-corrected chi connectivity index (χ3v) is 3.88. The Bertz CT molecular complexity index is 656. The van der Waals surface area contributed by atoms with Gasteiger partial charge in [-0.1, -0.05) is 0 Å². The summed E-state index contributed by atoms with van der Waals surface area (Å²) in [4.78, 5) is 10.5. The lowest BCUT2D eigenvalue weighted by molar-refractivity contribution is 0.576. The molecule has 3 aromatic rings. The van der Waals surface area contributed by atoms with Crippen LogP contribution >= 0.6 is 11.3 Å². The Hall–Kier alpha value is -2.14. The molecule has 90 valence electrons. The highest BCUT2D eigenvalue weighted by Crippen LogP contribution is 2.36. The largest absolute Gasteiger partial charge is 0.444 e. The number of rotatable bonds is 2. The lowest BCUT2D eigenvalue weighted by Crippen LogP contribution is -1.88. The Balaban J connectivity index is 2.06. The standard InChI is InChI=1S/C13H11N3OS/c1-8-6-10(13-15-4-5-17-13)18-12(8)9-2-3-11(14)16-7-9/h2-7H,1H3,(H2,14,16). The van der Waals surface area contributed by atoms with E-state index in [0.29, 0.717) is 11.7 Å². The number of aryl methyl sites for hydroxylation is 1. The number of nitrogens with two attached hydrogens (primary N) is 1. The highest BCUT2D eigenvalue weighted by Gasteiger charge is 2.12. The molecule has 5 heteroatoms. The van der Waals surface area contributed by atoms with E-state index in [1.54, 1.807) is 36.1 Å². The SMILES string of the molecule is Cc1cc(-c2ncco2)sc1-c1ccc(N)nc1. The number of thiophene rings is 1. The van der Waals surface area contributed by atoms with E-state index >= 15 is 0 Å². The van der Waals surface area contributed by atoms with Gasteiger partial charge in [-0.25, -0.2) is 9.97 Å². The molecule has 0 saturated heterocycles. The molecule has 2 N–H and O–H groups in total. The van der Waals surface area contributed by atoms with E-state index < -0.39 is 0 Å². The van der Waals surface area contributed by atoms with Crippen LogP contribution in [-0.4, -0.2) is 9.97 Å². The van der Waals surface area contributed by atoms with Gasteiger partial charge in [-0.15, -0.1) is 11.3 Å². The summed E-state index contributed by atoms with van der Waals surface area (Å²) < 4.78 is 5.31. The van der Waals surface area contributed by atoms with Crippen molar-refractivity contribution in [2.24, 2.45) is 0 Å². The van der Waals surface area contributed by atoms with Crippen LogP contribution < -0.4 is 5.73 Å². The first-order valence-electron chi connectivity index (χ1n) is 5.46. The van der Waals surface area contributed by atoms with Crippen LogP contribution in [0.3, 0.4) is 0 Å². The number of oxazole rings is 1. The van der Waals surface area contributed by atoms with Crippen LogP contribution in [0.5, 0.6) is 0 Å². The highest BCUT2D eigenvalue weighted by atomic mass is 32.1. The van der Waals surface area contributed by atoms with Crippen LogP contribution in [0.2, 0.25) is 0 Å². The van der Waals surface area contributed by atoms with Crippen LogP contribution in [0.1, 0.15) is 5.56 Å². The van der Waals surface area contributed by atoms with Crippen molar-refractivity contribution in [2.45, 2.75) is 6.92 Å². The molecule has 3 aromatic heterocycles. The van der Waals surface area contributed by atoms with Crippen LogP contribution in [-0.2, 0) is 0 Å². The summed E-state index contributed by atoms with van der Waals surface area (Å²) in [6, 6.07) is 5.85. The topological polar surface area (TPSA) is 64.9 Å². The molecule has 0 aliphatic rings. The second kappa shape index (κ2) is 4.27. The summed E-state index contributed by atoms with van der Waals surface area (Å²) in [5.41, 5.74) is 7.83. The summed E-state index contributed by atoms with van der Waals surface area (Å²) in [5, 5.41) is 0. The van der Waals surface area contributed by atoms with Crippen molar-refractivity contribution in [2.75, 3.05) is 5.73 Å². The number of nitrogen functional groups attached to an aromatic ring is 1. The summed E-state index contributed by atoms with van der Waals surface area (Å²) in [6.45, 7) is 2.06. The summed E-state index contributed by atoms with van der Waals surface area (Å²) in [7, 11) is 0. The summed E-state index contributed by atoms with van der Waals surface area (Å²) in [6.07, 6.45) is 5.01. The van der Waals surface area contributed by atoms with Gasteiger partial charge in [-0.3, -0.25) is 0 Å². The third-order valence-electron chi connectivity index (χ3n) is 2.61. The third kappa shape index (κ3) is 1.89. The van der Waals surface area contributed by atoms with E-state index in [9.17, 15) is 0 Å². The molecular weight excluding hydrogens is 246 g/mol. The number of nitrogens with zero attached hydrogens (tertiary/aromatic N) is 2. The van der Waals surface area contributed by atoms with Gasteiger partial charge < -0.3 is 10.2 Å². The van der Waals surface area contributed by atoms with Gasteiger partial charge in [0.25, 0.3) is 0 Å². The number of pyridine rings is 1. The molecule has 3 rings (SSSR count). The van der Waals surface area contributed by atoms with E-state index in [1.807, 2.05) is 6.07 Å². The summed E-state index contributed by atoms with van der Waals surface area (Å²) >= 11 is 1.64. The molecule has 18 heavy (non-hydrogen) atoms. The molecule has 0 aliphatic heterocycles. The van der Waals surface area contributed by atoms with E-state index in [0.717, 1.165) is 15.3 Å². The maximum Gasteiger partial charge on any atom is 0.236 e. The average Bonchev–Trinajstić information content (AvgIpc) is 2.99. The number of aromatic nitrogens is 2. The van der Waals surface area contributed by atoms with Crippen LogP contribution in [0.4, 0.5) is 5.82 Å². The Kier molecular flexibility index (Phi) is 2.60. The fourth-order valence-electron chi connectivity index (χ4n) is 1.76. The number of anilines is 1. The van der Waals surface area contributed by atoms with Crippen molar-refractivity contribution in [3.8, 4) is 21.2 Å². The molecule has 3 heterocycles. The first-order valence-corrected chi connectivity index (χ1v) is 6.28.